The molecule has 3 unspecified atom stereocenters. The Hall–Kier alpha value is -1.02. The Bertz CT molecular complexity index is 470. The van der Waals surface area contributed by atoms with E-state index in [0.717, 1.165) is 25.2 Å². The van der Waals surface area contributed by atoms with Crippen LogP contribution in [0.15, 0.2) is 24.3 Å². The Labute approximate surface area is 142 Å². The van der Waals surface area contributed by atoms with Crippen molar-refractivity contribution in [3.05, 3.63) is 29.8 Å². The highest BCUT2D eigenvalue weighted by atomic mass is 16.5. The number of benzene rings is 1. The fourth-order valence-electron chi connectivity index (χ4n) is 3.50. The van der Waals surface area contributed by atoms with Crippen LogP contribution in [0.1, 0.15) is 72.3 Å². The molecular weight excluding hydrogens is 284 g/mol. The molecule has 1 saturated heterocycles. The van der Waals surface area contributed by atoms with Gasteiger partial charge in [0.05, 0.1) is 12.7 Å². The van der Waals surface area contributed by atoms with Crippen molar-refractivity contribution in [3.8, 4) is 5.75 Å². The quantitative estimate of drug-likeness (QED) is 0.682. The zero-order chi connectivity index (χ0) is 17.0. The summed E-state index contributed by atoms with van der Waals surface area (Å²) in [6.45, 7) is 14.6. The molecule has 130 valence electrons. The predicted octanol–water partition coefficient (Wildman–Crippen LogP) is 5.81. The SMILES string of the molecule is CC(C)CC(c1ccc(OC2CCOC(C)C2)cc1)C(C)(C)C. The second kappa shape index (κ2) is 7.70. The molecule has 2 rings (SSSR count). The van der Waals surface area contributed by atoms with E-state index in [0.29, 0.717) is 24.0 Å². The van der Waals surface area contributed by atoms with E-state index in [4.69, 9.17) is 9.47 Å². The lowest BCUT2D eigenvalue weighted by atomic mass is 9.72. The van der Waals surface area contributed by atoms with E-state index in [1.54, 1.807) is 0 Å². The standard InChI is InChI=1S/C21H34O2/c1-15(2)13-20(21(4,5)6)17-7-9-18(10-8-17)23-19-11-12-22-16(3)14-19/h7-10,15-16,19-20H,11-14H2,1-6H3. The fourth-order valence-corrected chi connectivity index (χ4v) is 3.50. The van der Waals surface area contributed by atoms with E-state index in [1.165, 1.54) is 12.0 Å². The molecule has 1 aliphatic rings. The summed E-state index contributed by atoms with van der Waals surface area (Å²) < 4.78 is 11.7. The maximum absolute atomic E-state index is 6.15. The van der Waals surface area contributed by atoms with Gasteiger partial charge in [-0.15, -0.1) is 0 Å². The summed E-state index contributed by atoms with van der Waals surface area (Å²) in [4.78, 5) is 0. The van der Waals surface area contributed by atoms with Crippen molar-refractivity contribution in [3.63, 3.8) is 0 Å². The number of hydrogen-bond acceptors (Lipinski definition) is 2. The topological polar surface area (TPSA) is 18.5 Å². The lowest BCUT2D eigenvalue weighted by Gasteiger charge is -2.33. The van der Waals surface area contributed by atoms with Gasteiger partial charge in [-0.2, -0.15) is 0 Å². The third kappa shape index (κ3) is 5.53. The van der Waals surface area contributed by atoms with Crippen molar-refractivity contribution in [2.75, 3.05) is 6.61 Å². The summed E-state index contributed by atoms with van der Waals surface area (Å²) in [6.07, 6.45) is 3.80. The number of ether oxygens (including phenoxy) is 2. The molecule has 1 heterocycles. The molecule has 0 saturated carbocycles. The van der Waals surface area contributed by atoms with Gasteiger partial charge in [-0.05, 0) is 48.3 Å². The summed E-state index contributed by atoms with van der Waals surface area (Å²) in [7, 11) is 0. The maximum atomic E-state index is 6.15. The lowest BCUT2D eigenvalue weighted by molar-refractivity contribution is -0.0251. The van der Waals surface area contributed by atoms with Gasteiger partial charge in [0.15, 0.2) is 0 Å². The summed E-state index contributed by atoms with van der Waals surface area (Å²) >= 11 is 0. The Kier molecular flexibility index (Phi) is 6.13. The van der Waals surface area contributed by atoms with Crippen LogP contribution in [0.5, 0.6) is 5.75 Å². The molecule has 23 heavy (non-hydrogen) atoms. The van der Waals surface area contributed by atoms with E-state index in [-0.39, 0.29) is 5.41 Å². The monoisotopic (exact) mass is 318 g/mol. The second-order valence-electron chi connectivity index (χ2n) is 8.56. The molecular formula is C21H34O2. The molecule has 1 aliphatic heterocycles. The Morgan fingerprint density at radius 3 is 2.35 bits per heavy atom. The van der Waals surface area contributed by atoms with Gasteiger partial charge in [0, 0.05) is 12.8 Å². The summed E-state index contributed by atoms with van der Waals surface area (Å²) in [5, 5.41) is 0. The van der Waals surface area contributed by atoms with Crippen LogP contribution in [0.4, 0.5) is 0 Å². The molecule has 2 heteroatoms. The van der Waals surface area contributed by atoms with Crippen LogP contribution in [-0.2, 0) is 4.74 Å². The summed E-state index contributed by atoms with van der Waals surface area (Å²) in [5.74, 6) is 2.28. The van der Waals surface area contributed by atoms with Crippen molar-refractivity contribution >= 4 is 0 Å². The van der Waals surface area contributed by atoms with Crippen molar-refractivity contribution < 1.29 is 9.47 Å². The molecule has 2 nitrogen and oxygen atoms in total. The first-order valence-electron chi connectivity index (χ1n) is 9.14. The first kappa shape index (κ1) is 18.3. The zero-order valence-corrected chi connectivity index (χ0v) is 15.8. The highest BCUT2D eigenvalue weighted by molar-refractivity contribution is 5.30. The minimum absolute atomic E-state index is 0.281. The second-order valence-corrected chi connectivity index (χ2v) is 8.56. The summed E-state index contributed by atoms with van der Waals surface area (Å²) in [5.41, 5.74) is 1.71. The van der Waals surface area contributed by atoms with E-state index < -0.39 is 0 Å². The van der Waals surface area contributed by atoms with Crippen LogP contribution in [0, 0.1) is 11.3 Å². The molecule has 0 bridgehead atoms. The predicted molar refractivity (Wildman–Crippen MR) is 97.2 cm³/mol. The highest BCUT2D eigenvalue weighted by Gasteiger charge is 2.27. The summed E-state index contributed by atoms with van der Waals surface area (Å²) in [6, 6.07) is 8.82. The third-order valence-corrected chi connectivity index (χ3v) is 4.77. The van der Waals surface area contributed by atoms with Gasteiger partial charge < -0.3 is 9.47 Å². The van der Waals surface area contributed by atoms with Crippen molar-refractivity contribution in [1.29, 1.82) is 0 Å². The van der Waals surface area contributed by atoms with Crippen LogP contribution >= 0.6 is 0 Å². The molecule has 0 N–H and O–H groups in total. The smallest absolute Gasteiger partial charge is 0.119 e. The molecule has 1 fully saturated rings. The largest absolute Gasteiger partial charge is 0.490 e. The minimum Gasteiger partial charge on any atom is -0.490 e. The average molecular weight is 319 g/mol. The van der Waals surface area contributed by atoms with E-state index in [2.05, 4.69) is 65.8 Å². The van der Waals surface area contributed by atoms with Crippen molar-refractivity contribution in [2.24, 2.45) is 11.3 Å². The average Bonchev–Trinajstić information content (AvgIpc) is 2.44. The van der Waals surface area contributed by atoms with Gasteiger partial charge in [-0.1, -0.05) is 46.8 Å². The molecule has 1 aromatic carbocycles. The third-order valence-electron chi connectivity index (χ3n) is 4.77. The van der Waals surface area contributed by atoms with Gasteiger partial charge in [0.25, 0.3) is 0 Å². The van der Waals surface area contributed by atoms with Crippen molar-refractivity contribution in [2.45, 2.75) is 78.9 Å². The number of hydrogen-bond donors (Lipinski definition) is 0. The van der Waals surface area contributed by atoms with Gasteiger partial charge >= 0.3 is 0 Å². The van der Waals surface area contributed by atoms with Crippen LogP contribution in [0.25, 0.3) is 0 Å². The highest BCUT2D eigenvalue weighted by Crippen LogP contribution is 2.40. The van der Waals surface area contributed by atoms with Gasteiger partial charge in [-0.25, -0.2) is 0 Å². The van der Waals surface area contributed by atoms with Gasteiger partial charge in [-0.3, -0.25) is 0 Å². The molecule has 3 atom stereocenters. The Morgan fingerprint density at radius 2 is 1.83 bits per heavy atom. The van der Waals surface area contributed by atoms with Crippen LogP contribution in [0.2, 0.25) is 0 Å². The minimum atomic E-state index is 0.281. The first-order valence-corrected chi connectivity index (χ1v) is 9.14. The molecule has 0 amide bonds. The van der Waals surface area contributed by atoms with Crippen LogP contribution < -0.4 is 4.74 Å². The molecule has 0 aromatic heterocycles. The van der Waals surface area contributed by atoms with E-state index in [9.17, 15) is 0 Å². The van der Waals surface area contributed by atoms with Crippen molar-refractivity contribution in [1.82, 2.24) is 0 Å². The van der Waals surface area contributed by atoms with Gasteiger partial charge in [0.1, 0.15) is 11.9 Å². The Morgan fingerprint density at radius 1 is 1.17 bits per heavy atom. The van der Waals surface area contributed by atoms with E-state index >= 15 is 0 Å². The zero-order valence-electron chi connectivity index (χ0n) is 15.8. The molecule has 0 spiro atoms. The lowest BCUT2D eigenvalue weighted by Crippen LogP contribution is -2.31. The number of rotatable bonds is 5. The van der Waals surface area contributed by atoms with Gasteiger partial charge in [0.2, 0.25) is 0 Å². The maximum Gasteiger partial charge on any atom is 0.119 e. The first-order chi connectivity index (χ1) is 10.8. The van der Waals surface area contributed by atoms with Crippen LogP contribution in [-0.4, -0.2) is 18.8 Å². The van der Waals surface area contributed by atoms with E-state index in [1.807, 2.05) is 0 Å². The van der Waals surface area contributed by atoms with Crippen LogP contribution in [0.3, 0.4) is 0 Å². The molecule has 0 aliphatic carbocycles. The molecule has 0 radical (unpaired) electrons. The normalized spacial score (nSPS) is 23.8. The molecule has 1 aromatic rings. The Balaban J connectivity index is 2.05. The fraction of sp³-hybridized carbons (Fsp3) is 0.714.